The molecule has 0 aliphatic heterocycles. The van der Waals surface area contributed by atoms with Crippen LogP contribution in [0.3, 0.4) is 0 Å². The summed E-state index contributed by atoms with van der Waals surface area (Å²) in [5, 5.41) is 10.6. The molecule has 36 heavy (non-hydrogen) atoms. The molecule has 1 N–H and O–H groups in total. The Morgan fingerprint density at radius 2 is 1.75 bits per heavy atom. The number of hydrogen-bond acceptors (Lipinski definition) is 2. The van der Waals surface area contributed by atoms with Crippen LogP contribution >= 0.6 is 0 Å². The van der Waals surface area contributed by atoms with E-state index in [2.05, 4.69) is 67.6 Å². The number of aliphatic hydroxyl groups is 1. The zero-order valence-corrected chi connectivity index (χ0v) is 26.5. The van der Waals surface area contributed by atoms with E-state index in [1.54, 1.807) is 5.57 Å². The van der Waals surface area contributed by atoms with Gasteiger partial charge < -0.3 is 9.53 Å². The van der Waals surface area contributed by atoms with E-state index in [-0.39, 0.29) is 6.10 Å². The lowest BCUT2D eigenvalue weighted by molar-refractivity contribution is -0.0573. The van der Waals surface area contributed by atoms with Gasteiger partial charge >= 0.3 is 0 Å². The monoisotopic (exact) mass is 516 g/mol. The van der Waals surface area contributed by atoms with Crippen molar-refractivity contribution in [3.63, 3.8) is 0 Å². The van der Waals surface area contributed by atoms with Crippen LogP contribution in [0.1, 0.15) is 119 Å². The first kappa shape index (κ1) is 28.9. The third kappa shape index (κ3) is 5.33. The average Bonchev–Trinajstić information content (AvgIpc) is 3.15. The van der Waals surface area contributed by atoms with Gasteiger partial charge in [-0.25, -0.2) is 0 Å². The van der Waals surface area contributed by atoms with Gasteiger partial charge in [0.05, 0.1) is 6.10 Å². The van der Waals surface area contributed by atoms with Crippen LogP contribution in [-0.4, -0.2) is 26.1 Å². The zero-order chi connectivity index (χ0) is 26.5. The molecule has 4 rings (SSSR count). The van der Waals surface area contributed by atoms with E-state index in [0.29, 0.717) is 21.8 Å². The molecule has 0 spiro atoms. The molecular formula is C33H60O2Si. The van der Waals surface area contributed by atoms with Crippen LogP contribution in [0.2, 0.25) is 18.1 Å². The Hall–Kier alpha value is -0.123. The summed E-state index contributed by atoms with van der Waals surface area (Å²) in [5.74, 6) is 5.10. The van der Waals surface area contributed by atoms with Crippen molar-refractivity contribution in [2.24, 2.45) is 46.3 Å². The first-order valence-electron chi connectivity index (χ1n) is 15.7. The van der Waals surface area contributed by atoms with Gasteiger partial charge in [0.25, 0.3) is 0 Å². The van der Waals surface area contributed by atoms with Gasteiger partial charge in [-0.2, -0.15) is 0 Å². The maximum Gasteiger partial charge on any atom is 0.191 e. The summed E-state index contributed by atoms with van der Waals surface area (Å²) in [5.41, 5.74) is 2.53. The van der Waals surface area contributed by atoms with Crippen LogP contribution in [0.15, 0.2) is 11.6 Å². The Morgan fingerprint density at radius 3 is 2.44 bits per heavy atom. The smallest absolute Gasteiger partial charge is 0.191 e. The standard InChI is InChI=1S/C33H60O2Si/c1-23(22-35-36(8,9)31(3,4)5)11-10-12-24(2)28-15-16-29-27-14-13-25-21-26(34)17-19-32(25,6)30(27)18-20-33(28,29)7/h13,23-24,26-30,34H,10-12,14-22H2,1-9H3/t23-,24+,26+,27+,28-,29-,30-,32+,33-/m1/s1. The minimum Gasteiger partial charge on any atom is -0.417 e. The van der Waals surface area contributed by atoms with Gasteiger partial charge in [0, 0.05) is 6.61 Å². The molecule has 0 radical (unpaired) electrons. The van der Waals surface area contributed by atoms with Crippen molar-refractivity contribution in [1.82, 2.24) is 0 Å². The maximum atomic E-state index is 10.3. The van der Waals surface area contributed by atoms with Crippen LogP contribution in [0.5, 0.6) is 0 Å². The highest BCUT2D eigenvalue weighted by Gasteiger charge is 2.59. The van der Waals surface area contributed by atoms with Gasteiger partial charge in [0.15, 0.2) is 8.32 Å². The predicted molar refractivity (Wildman–Crippen MR) is 157 cm³/mol. The molecule has 3 fully saturated rings. The maximum absolute atomic E-state index is 10.3. The van der Waals surface area contributed by atoms with E-state index in [1.165, 1.54) is 57.8 Å². The zero-order valence-electron chi connectivity index (χ0n) is 25.5. The lowest BCUT2D eigenvalue weighted by Gasteiger charge is -2.58. The second-order valence-corrected chi connectivity index (χ2v) is 20.8. The molecule has 0 bridgehead atoms. The largest absolute Gasteiger partial charge is 0.417 e. The lowest BCUT2D eigenvalue weighted by Crippen LogP contribution is -2.50. The summed E-state index contributed by atoms with van der Waals surface area (Å²) in [4.78, 5) is 0. The van der Waals surface area contributed by atoms with Crippen LogP contribution in [0, 0.1) is 46.3 Å². The second kappa shape index (κ2) is 10.5. The third-order valence-corrected chi connectivity index (χ3v) is 17.2. The summed E-state index contributed by atoms with van der Waals surface area (Å²) in [6.07, 6.45) is 16.8. The second-order valence-electron chi connectivity index (χ2n) is 16.0. The van der Waals surface area contributed by atoms with Crippen molar-refractivity contribution < 1.29 is 9.53 Å². The molecule has 3 saturated carbocycles. The molecule has 0 unspecified atom stereocenters. The predicted octanol–water partition coefficient (Wildman–Crippen LogP) is 9.39. The molecule has 4 aliphatic rings. The van der Waals surface area contributed by atoms with Crippen molar-refractivity contribution in [3.05, 3.63) is 11.6 Å². The Bertz CT molecular complexity index is 796. The van der Waals surface area contributed by atoms with Gasteiger partial charge in [0.1, 0.15) is 0 Å². The van der Waals surface area contributed by atoms with E-state index in [1.807, 2.05) is 0 Å². The van der Waals surface area contributed by atoms with Gasteiger partial charge in [-0.3, -0.25) is 0 Å². The number of allylic oxidation sites excluding steroid dienone is 1. The Kier molecular flexibility index (Phi) is 8.38. The minimum absolute atomic E-state index is 0.0900. The highest BCUT2D eigenvalue weighted by atomic mass is 28.4. The molecule has 0 saturated heterocycles. The molecule has 0 aromatic heterocycles. The average molecular weight is 517 g/mol. The molecule has 0 amide bonds. The molecule has 0 aromatic rings. The highest BCUT2D eigenvalue weighted by molar-refractivity contribution is 6.74. The van der Waals surface area contributed by atoms with Crippen molar-refractivity contribution >= 4 is 8.32 Å². The molecule has 9 atom stereocenters. The summed E-state index contributed by atoms with van der Waals surface area (Å²) in [6, 6.07) is 0. The van der Waals surface area contributed by atoms with Gasteiger partial charge in [-0.1, -0.05) is 73.0 Å². The van der Waals surface area contributed by atoms with Crippen molar-refractivity contribution in [2.75, 3.05) is 6.61 Å². The van der Waals surface area contributed by atoms with Crippen molar-refractivity contribution in [1.29, 1.82) is 0 Å². The number of fused-ring (bicyclic) bond motifs is 5. The first-order valence-corrected chi connectivity index (χ1v) is 18.6. The molecule has 3 heteroatoms. The fraction of sp³-hybridized carbons (Fsp3) is 0.939. The molecular weight excluding hydrogens is 456 g/mol. The minimum atomic E-state index is -1.63. The molecule has 4 aliphatic carbocycles. The quantitative estimate of drug-likeness (QED) is 0.257. The molecule has 208 valence electrons. The topological polar surface area (TPSA) is 29.5 Å². The van der Waals surface area contributed by atoms with Crippen molar-refractivity contribution in [2.45, 2.75) is 143 Å². The van der Waals surface area contributed by atoms with Gasteiger partial charge in [-0.05, 0) is 122 Å². The van der Waals surface area contributed by atoms with Crippen LogP contribution in [0.25, 0.3) is 0 Å². The summed E-state index contributed by atoms with van der Waals surface area (Å²) >= 11 is 0. The number of aliphatic hydroxyl groups excluding tert-OH is 1. The van der Waals surface area contributed by atoms with Gasteiger partial charge in [-0.15, -0.1) is 0 Å². The van der Waals surface area contributed by atoms with E-state index in [4.69, 9.17) is 4.43 Å². The molecule has 2 nitrogen and oxygen atoms in total. The fourth-order valence-electron chi connectivity index (χ4n) is 9.26. The van der Waals surface area contributed by atoms with E-state index >= 15 is 0 Å². The lowest BCUT2D eigenvalue weighted by atomic mass is 9.47. The Labute approximate surface area is 225 Å². The van der Waals surface area contributed by atoms with E-state index in [9.17, 15) is 5.11 Å². The van der Waals surface area contributed by atoms with E-state index < -0.39 is 8.32 Å². The third-order valence-electron chi connectivity index (χ3n) is 12.7. The molecule has 0 heterocycles. The van der Waals surface area contributed by atoms with Crippen LogP contribution in [-0.2, 0) is 4.43 Å². The Balaban J connectivity index is 1.31. The number of rotatable bonds is 8. The van der Waals surface area contributed by atoms with E-state index in [0.717, 1.165) is 49.0 Å². The molecule has 0 aromatic carbocycles. The summed E-state index contributed by atoms with van der Waals surface area (Å²) in [6.45, 7) is 23.0. The van der Waals surface area contributed by atoms with Gasteiger partial charge in [0.2, 0.25) is 0 Å². The first-order chi connectivity index (χ1) is 16.7. The highest BCUT2D eigenvalue weighted by Crippen LogP contribution is 2.67. The normalized spacial score (nSPS) is 40.6. The van der Waals surface area contributed by atoms with Crippen molar-refractivity contribution in [3.8, 4) is 0 Å². The van der Waals surface area contributed by atoms with Crippen LogP contribution < -0.4 is 0 Å². The SMILES string of the molecule is C[C@H](CCC[C@H](C)[C@H]1CC[C@@H]2[C@@H]3CC=C4C[C@@H](O)CC[C@]4(C)[C@@H]3CC[C@@]21C)CO[Si](C)(C)C(C)(C)C. The Morgan fingerprint density at radius 1 is 1.03 bits per heavy atom. The summed E-state index contributed by atoms with van der Waals surface area (Å²) < 4.78 is 6.52. The summed E-state index contributed by atoms with van der Waals surface area (Å²) in [7, 11) is -1.63. The van der Waals surface area contributed by atoms with Crippen LogP contribution in [0.4, 0.5) is 0 Å². The fourth-order valence-corrected chi connectivity index (χ4v) is 10.4. The number of hydrogen-bond donors (Lipinski definition) is 1.